The Morgan fingerprint density at radius 2 is 1.50 bits per heavy atom. The zero-order chi connectivity index (χ0) is 50.1. The van der Waals surface area contributed by atoms with E-state index in [2.05, 4.69) is 6.08 Å². The number of aliphatic hydroxyl groups excluding tert-OH is 4. The van der Waals surface area contributed by atoms with E-state index in [0.29, 0.717) is 36.1 Å². The van der Waals surface area contributed by atoms with E-state index in [-0.39, 0.29) is 46.8 Å². The van der Waals surface area contributed by atoms with Crippen molar-refractivity contribution < 1.29 is 63.2 Å². The molecule has 70 heavy (non-hydrogen) atoms. The fraction of sp³-hybridized carbons (Fsp3) is 0.456. The number of aliphatic hydroxyl groups is 4. The smallest absolute Gasteiger partial charge is 0.334 e. The van der Waals surface area contributed by atoms with Crippen LogP contribution in [0.1, 0.15) is 120 Å². The number of ether oxygens (including phenoxy) is 6. The van der Waals surface area contributed by atoms with E-state index in [4.69, 9.17) is 28.4 Å². The fourth-order valence-electron chi connectivity index (χ4n) is 11.3. The lowest BCUT2D eigenvalue weighted by atomic mass is 9.51. The Hall–Kier alpha value is -5.67. The van der Waals surface area contributed by atoms with Gasteiger partial charge >= 0.3 is 5.97 Å². The van der Waals surface area contributed by atoms with Crippen molar-refractivity contribution in [3.8, 4) is 17.2 Å². The Balaban J connectivity index is 1.19. The summed E-state index contributed by atoms with van der Waals surface area (Å²) in [7, 11) is 0. The lowest BCUT2D eigenvalue weighted by Gasteiger charge is -2.56. The molecule has 4 aliphatic heterocycles. The highest BCUT2D eigenvalue weighted by atomic mass is 16.7. The van der Waals surface area contributed by atoms with Gasteiger partial charge in [-0.25, -0.2) is 4.79 Å². The Kier molecular flexibility index (Phi) is 13.0. The van der Waals surface area contributed by atoms with E-state index < -0.39 is 89.4 Å². The van der Waals surface area contributed by atoms with Gasteiger partial charge in [-0.15, -0.1) is 0 Å². The summed E-state index contributed by atoms with van der Waals surface area (Å²) >= 11 is 0. The first-order chi connectivity index (χ1) is 33.3. The predicted octanol–water partition coefficient (Wildman–Crippen LogP) is 7.96. The molecule has 7 aliphatic rings. The van der Waals surface area contributed by atoms with Gasteiger partial charge in [-0.3, -0.25) is 9.59 Å². The Morgan fingerprint density at radius 1 is 0.843 bits per heavy atom. The number of carbonyl (C=O) groups is 3. The van der Waals surface area contributed by atoms with E-state index in [0.717, 1.165) is 22.3 Å². The number of hydrogen-bond acceptors (Lipinski definition) is 13. The number of fused-ring (bicyclic) bond motifs is 2. The van der Waals surface area contributed by atoms with Gasteiger partial charge < -0.3 is 48.8 Å². The van der Waals surface area contributed by atoms with Crippen LogP contribution in [-0.2, 0) is 30.2 Å². The highest BCUT2D eigenvalue weighted by molar-refractivity contribution is 6.19. The van der Waals surface area contributed by atoms with Crippen LogP contribution in [-0.4, -0.2) is 97.7 Å². The third-order valence-corrected chi connectivity index (χ3v) is 15.0. The van der Waals surface area contributed by atoms with Crippen LogP contribution in [0.2, 0.25) is 0 Å². The molecule has 3 aromatic rings. The minimum atomic E-state index is -1.81. The van der Waals surface area contributed by atoms with Crippen LogP contribution in [0.4, 0.5) is 0 Å². The van der Waals surface area contributed by atoms with E-state index >= 15 is 9.59 Å². The van der Waals surface area contributed by atoms with Crippen molar-refractivity contribution in [2.75, 3.05) is 6.61 Å². The van der Waals surface area contributed by atoms with Crippen LogP contribution in [0.5, 0.6) is 17.2 Å². The van der Waals surface area contributed by atoms with Crippen LogP contribution in [0.25, 0.3) is 6.08 Å². The van der Waals surface area contributed by atoms with Gasteiger partial charge in [-0.1, -0.05) is 96.1 Å². The third-order valence-electron chi connectivity index (χ3n) is 15.0. The molecule has 13 nitrogen and oxygen atoms in total. The van der Waals surface area contributed by atoms with E-state index in [1.54, 1.807) is 19.1 Å². The summed E-state index contributed by atoms with van der Waals surface area (Å²) in [5, 5.41) is 43.1. The lowest BCUT2D eigenvalue weighted by Crippen LogP contribution is -2.72. The number of benzene rings is 3. The van der Waals surface area contributed by atoms with Gasteiger partial charge in [0, 0.05) is 35.0 Å². The zero-order valence-corrected chi connectivity index (χ0v) is 41.1. The lowest BCUT2D eigenvalue weighted by molar-refractivity contribution is -0.277. The Bertz CT molecular complexity index is 2680. The van der Waals surface area contributed by atoms with Gasteiger partial charge in [-0.05, 0) is 104 Å². The molecule has 1 spiro atoms. The second kappa shape index (κ2) is 18.5. The minimum absolute atomic E-state index is 0.0124. The Morgan fingerprint density at radius 3 is 2.13 bits per heavy atom. The Labute approximate surface area is 409 Å². The summed E-state index contributed by atoms with van der Waals surface area (Å²) in [4.78, 5) is 45.3. The topological polar surface area (TPSA) is 188 Å². The number of esters is 1. The van der Waals surface area contributed by atoms with Gasteiger partial charge in [0.25, 0.3) is 0 Å². The van der Waals surface area contributed by atoms with Gasteiger partial charge in [0.2, 0.25) is 6.29 Å². The average Bonchev–Trinajstić information content (AvgIpc) is 3.49. The van der Waals surface area contributed by atoms with Crippen LogP contribution < -0.4 is 14.2 Å². The molecular formula is C57H64O13. The maximum atomic E-state index is 15.9. The molecule has 0 amide bonds. The largest absolute Gasteiger partial charge is 0.482 e. The number of rotatable bonds is 14. The molecule has 5 unspecified atom stereocenters. The van der Waals surface area contributed by atoms with Crippen LogP contribution in [0, 0.1) is 11.8 Å². The minimum Gasteiger partial charge on any atom is -0.482 e. The molecule has 3 aromatic carbocycles. The van der Waals surface area contributed by atoms with Crippen molar-refractivity contribution in [3.05, 3.63) is 141 Å². The standard InChI is InChI=1S/C57H64O13/c1-31(2)16-15-25-55(8)26-24-38-48(68-55)37(22-21-32(3)4)50-42(49(38)67-53-46(62)45(61)44(60)40(30-58)65-53)43(59)39-28-36-29-41-54(6,7)70-56(51(36)63,57(39,41)69-50)27-23-33(5)52(64)66-47(34-17-11-9-12-18-34)35-19-13-10-14-20-35/h9-14,16-21,23-24,26,28,36,40-41,44-47,53,58,60-62H,15,22,25,27,29-30H2,1-8H3/b33-23-/t36?,40-,41?,44-,45+,46-,53+,55?,56?,57?/m1/s1. The zero-order valence-electron chi connectivity index (χ0n) is 41.1. The molecule has 1 saturated carbocycles. The monoisotopic (exact) mass is 956 g/mol. The molecule has 3 aliphatic carbocycles. The van der Waals surface area contributed by atoms with Crippen molar-refractivity contribution in [2.45, 2.75) is 147 Å². The SMILES string of the molecule is CC(C)=CCCC1(C)C=Cc2c(c(CC=C(C)C)c3c(c2O[C@@H]2O[C@H](CO)[C@@H](O)[C@H](O)[C@H]2O)C(=O)C2=CC4CC5C(C)(C)OC(C/C=C(/C)C(=O)OC(c6ccccc6)c6ccccc6)(C4=O)C25O3)O1. The molecule has 4 N–H and O–H groups in total. The van der Waals surface area contributed by atoms with E-state index in [9.17, 15) is 25.2 Å². The molecule has 13 heteroatoms. The highest BCUT2D eigenvalue weighted by Gasteiger charge is 2.81. The summed E-state index contributed by atoms with van der Waals surface area (Å²) < 4.78 is 40.4. The molecule has 4 bridgehead atoms. The van der Waals surface area contributed by atoms with Gasteiger partial charge in [0.05, 0.1) is 17.8 Å². The molecule has 370 valence electrons. The normalized spacial score (nSPS) is 31.1. The third kappa shape index (κ3) is 8.18. The molecular weight excluding hydrogens is 893 g/mol. The maximum absolute atomic E-state index is 15.9. The summed E-state index contributed by atoms with van der Waals surface area (Å²) in [5.74, 6) is -2.27. The second-order valence-electron chi connectivity index (χ2n) is 20.9. The summed E-state index contributed by atoms with van der Waals surface area (Å²) in [6.45, 7) is 14.7. The molecule has 4 heterocycles. The van der Waals surface area contributed by atoms with Crippen molar-refractivity contribution in [2.24, 2.45) is 11.8 Å². The number of Topliss-reactive ketones (excluding diaryl/α,β-unsaturated/α-hetero) is 2. The molecule has 10 rings (SSSR count). The molecule has 10 atom stereocenters. The summed E-state index contributed by atoms with van der Waals surface area (Å²) in [5.41, 5.74) is -0.355. The van der Waals surface area contributed by atoms with Gasteiger partial charge in [0.15, 0.2) is 28.9 Å². The van der Waals surface area contributed by atoms with Gasteiger partial charge in [0.1, 0.15) is 52.8 Å². The maximum Gasteiger partial charge on any atom is 0.334 e. The first-order valence-corrected chi connectivity index (χ1v) is 24.3. The highest BCUT2D eigenvalue weighted by Crippen LogP contribution is 2.69. The van der Waals surface area contributed by atoms with Crippen molar-refractivity contribution in [3.63, 3.8) is 0 Å². The van der Waals surface area contributed by atoms with Crippen LogP contribution in [0.15, 0.2) is 113 Å². The van der Waals surface area contributed by atoms with Crippen molar-refractivity contribution in [1.29, 1.82) is 0 Å². The van der Waals surface area contributed by atoms with E-state index in [1.165, 1.54) is 0 Å². The first-order valence-electron chi connectivity index (χ1n) is 24.3. The van der Waals surface area contributed by atoms with Crippen molar-refractivity contribution >= 4 is 23.6 Å². The van der Waals surface area contributed by atoms with Gasteiger partial charge in [-0.2, -0.15) is 0 Å². The molecule has 0 aromatic heterocycles. The fourth-order valence-corrected chi connectivity index (χ4v) is 11.3. The number of allylic oxidation sites excluding steroid dienone is 5. The number of hydrogen-bond donors (Lipinski definition) is 4. The second-order valence-corrected chi connectivity index (χ2v) is 20.9. The summed E-state index contributed by atoms with van der Waals surface area (Å²) in [6, 6.07) is 18.9. The van der Waals surface area contributed by atoms with E-state index in [1.807, 2.05) is 127 Å². The average molecular weight is 957 g/mol. The molecule has 2 saturated heterocycles. The first kappa shape index (κ1) is 49.3. The molecule has 3 fully saturated rings. The van der Waals surface area contributed by atoms with Crippen molar-refractivity contribution in [1.82, 2.24) is 0 Å². The van der Waals surface area contributed by atoms with Crippen LogP contribution >= 0.6 is 0 Å². The number of carbonyl (C=O) groups excluding carboxylic acids is 3. The molecule has 0 radical (unpaired) electrons. The van der Waals surface area contributed by atoms with Crippen LogP contribution in [0.3, 0.4) is 0 Å². The predicted molar refractivity (Wildman–Crippen MR) is 260 cm³/mol. The summed E-state index contributed by atoms with van der Waals surface area (Å²) in [6.07, 6.45) is 3.98. The quantitative estimate of drug-likeness (QED) is 0.0693. The number of ketones is 2.